The Bertz CT molecular complexity index is 1500. The largest absolute Gasteiger partial charge is 0.458 e. The molecule has 0 radical (unpaired) electrons. The van der Waals surface area contributed by atoms with Gasteiger partial charge in [-0.3, -0.25) is 4.79 Å². The molecule has 1 amide bonds. The van der Waals surface area contributed by atoms with Crippen LogP contribution in [-0.2, 0) is 25.5 Å². The van der Waals surface area contributed by atoms with Crippen molar-refractivity contribution in [2.45, 2.75) is 116 Å². The number of carbonyl (C=O) groups is 2. The Hall–Kier alpha value is -3.29. The van der Waals surface area contributed by atoms with Crippen LogP contribution in [-0.4, -0.2) is 57.0 Å². The number of alkyl halides is 1. The number of fused-ring (bicyclic) bond motifs is 3. The van der Waals surface area contributed by atoms with Crippen LogP contribution >= 0.6 is 11.6 Å². The molecule has 0 saturated carbocycles. The number of ether oxygens (including phenoxy) is 2. The highest BCUT2D eigenvalue weighted by Gasteiger charge is 2.45. The molecule has 1 aliphatic rings. The molecular formula is C38H52ClN3O4. The molecule has 2 heterocycles. The number of esters is 1. The van der Waals surface area contributed by atoms with Crippen molar-refractivity contribution in [3.05, 3.63) is 78.0 Å². The molecule has 0 aliphatic carbocycles. The van der Waals surface area contributed by atoms with Gasteiger partial charge in [0.25, 0.3) is 0 Å². The smallest absolute Gasteiger partial charge is 0.329 e. The van der Waals surface area contributed by atoms with Crippen molar-refractivity contribution >= 4 is 40.1 Å². The van der Waals surface area contributed by atoms with E-state index in [9.17, 15) is 9.59 Å². The highest BCUT2D eigenvalue weighted by molar-refractivity contribution is 6.27. The van der Waals surface area contributed by atoms with E-state index in [0.29, 0.717) is 25.9 Å². The van der Waals surface area contributed by atoms with E-state index in [4.69, 9.17) is 21.1 Å². The minimum absolute atomic E-state index is 0.0855. The highest BCUT2D eigenvalue weighted by atomic mass is 35.5. The Balaban J connectivity index is 1.75. The van der Waals surface area contributed by atoms with Crippen LogP contribution in [0.1, 0.15) is 103 Å². The van der Waals surface area contributed by atoms with Gasteiger partial charge in [-0.2, -0.15) is 0 Å². The lowest BCUT2D eigenvalue weighted by Crippen LogP contribution is -2.54. The maximum absolute atomic E-state index is 14.2. The number of nitrogens with one attached hydrogen (secondary N) is 2. The molecule has 1 aromatic heterocycles. The summed E-state index contributed by atoms with van der Waals surface area (Å²) in [5.41, 5.74) is 3.61. The first-order valence-electron chi connectivity index (χ1n) is 16.7. The number of aromatic nitrogens is 1. The average molecular weight is 650 g/mol. The van der Waals surface area contributed by atoms with Crippen LogP contribution in [0.15, 0.2) is 61.2 Å². The van der Waals surface area contributed by atoms with Crippen molar-refractivity contribution in [2.24, 2.45) is 0 Å². The number of hydrogen-bond acceptors (Lipinski definition) is 5. The first kappa shape index (κ1) is 35.6. The fourth-order valence-corrected chi connectivity index (χ4v) is 6.62. The summed E-state index contributed by atoms with van der Waals surface area (Å²) >= 11 is 6.26. The second kappa shape index (κ2) is 14.6. The van der Waals surface area contributed by atoms with Gasteiger partial charge in [-0.15, -0.1) is 18.2 Å². The highest BCUT2D eigenvalue weighted by Crippen LogP contribution is 2.42. The number of benzene rings is 2. The van der Waals surface area contributed by atoms with Gasteiger partial charge in [-0.05, 0) is 82.7 Å². The summed E-state index contributed by atoms with van der Waals surface area (Å²) in [4.78, 5) is 33.2. The quantitative estimate of drug-likeness (QED) is 0.104. The molecule has 4 rings (SSSR count). The number of aromatic amines is 1. The van der Waals surface area contributed by atoms with Crippen LogP contribution in [0.4, 0.5) is 5.69 Å². The second-order valence-electron chi connectivity index (χ2n) is 13.8. The van der Waals surface area contributed by atoms with Crippen LogP contribution < -0.4 is 5.32 Å². The zero-order valence-electron chi connectivity index (χ0n) is 28.7. The maximum atomic E-state index is 14.2. The van der Waals surface area contributed by atoms with Crippen molar-refractivity contribution in [1.82, 2.24) is 9.88 Å². The first-order valence-corrected chi connectivity index (χ1v) is 17.2. The van der Waals surface area contributed by atoms with E-state index in [1.54, 1.807) is 4.90 Å². The van der Waals surface area contributed by atoms with Gasteiger partial charge in [0.2, 0.25) is 5.91 Å². The number of amides is 1. The lowest BCUT2D eigenvalue weighted by atomic mass is 9.87. The maximum Gasteiger partial charge on any atom is 0.329 e. The number of carbonyl (C=O) groups excluding carboxylic acids is 2. The zero-order valence-corrected chi connectivity index (χ0v) is 29.4. The first-order chi connectivity index (χ1) is 21.8. The SMILES string of the molecule is C=CCC(CC)(CC)Nc1ccc([C@H]2c3[nH]c4ccccc4c3C[C@H](C(=O)OC(C)(CC)CCOC(C)(C)C)N2C(=O)CCl)cc1. The van der Waals surface area contributed by atoms with E-state index >= 15 is 0 Å². The molecular weight excluding hydrogens is 598 g/mol. The number of rotatable bonds is 14. The molecule has 0 bridgehead atoms. The number of para-hydroxylation sites is 1. The Morgan fingerprint density at radius 2 is 1.72 bits per heavy atom. The summed E-state index contributed by atoms with van der Waals surface area (Å²) in [5, 5.41) is 4.76. The third-order valence-corrected chi connectivity index (χ3v) is 9.82. The second-order valence-corrected chi connectivity index (χ2v) is 14.0. The molecule has 2 N–H and O–H groups in total. The average Bonchev–Trinajstić information content (AvgIpc) is 3.41. The molecule has 1 unspecified atom stereocenters. The third-order valence-electron chi connectivity index (χ3n) is 9.59. The van der Waals surface area contributed by atoms with Gasteiger partial charge in [-0.1, -0.05) is 57.2 Å². The Morgan fingerprint density at radius 3 is 2.30 bits per heavy atom. The zero-order chi connectivity index (χ0) is 33.7. The number of H-pyrrole nitrogens is 1. The lowest BCUT2D eigenvalue weighted by molar-refractivity contribution is -0.171. The molecule has 3 atom stereocenters. The number of hydrogen-bond donors (Lipinski definition) is 2. The summed E-state index contributed by atoms with van der Waals surface area (Å²) in [6, 6.07) is 14.8. The van der Waals surface area contributed by atoms with E-state index in [0.717, 1.165) is 52.7 Å². The van der Waals surface area contributed by atoms with E-state index < -0.39 is 23.7 Å². The van der Waals surface area contributed by atoms with Crippen LogP contribution in [0.2, 0.25) is 0 Å². The van der Waals surface area contributed by atoms with Gasteiger partial charge >= 0.3 is 5.97 Å². The van der Waals surface area contributed by atoms with Crippen LogP contribution in [0.25, 0.3) is 10.9 Å². The van der Waals surface area contributed by atoms with Gasteiger partial charge in [-0.25, -0.2) is 4.79 Å². The lowest BCUT2D eigenvalue weighted by Gasteiger charge is -2.42. The molecule has 46 heavy (non-hydrogen) atoms. The molecule has 8 heteroatoms. The molecule has 3 aromatic rings. The Labute approximate surface area is 280 Å². The third kappa shape index (κ3) is 7.80. The van der Waals surface area contributed by atoms with Crippen molar-refractivity contribution in [3.8, 4) is 0 Å². The summed E-state index contributed by atoms with van der Waals surface area (Å²) in [6.07, 6.45) is 6.21. The van der Waals surface area contributed by atoms with Gasteiger partial charge < -0.3 is 24.7 Å². The topological polar surface area (TPSA) is 83.7 Å². The number of nitrogens with zero attached hydrogens (tertiary/aromatic N) is 1. The molecule has 1 aliphatic heterocycles. The fraction of sp³-hybridized carbons (Fsp3) is 0.526. The molecule has 0 fully saturated rings. The predicted octanol–water partition coefficient (Wildman–Crippen LogP) is 8.71. The molecule has 2 aromatic carbocycles. The number of anilines is 1. The van der Waals surface area contributed by atoms with Gasteiger partial charge in [0, 0.05) is 40.7 Å². The van der Waals surface area contributed by atoms with Gasteiger partial charge in [0.05, 0.1) is 18.2 Å². The molecule has 0 saturated heterocycles. The molecule has 7 nitrogen and oxygen atoms in total. The minimum Gasteiger partial charge on any atom is -0.458 e. The summed E-state index contributed by atoms with van der Waals surface area (Å²) in [6.45, 7) is 18.8. The predicted molar refractivity (Wildman–Crippen MR) is 189 cm³/mol. The fourth-order valence-electron chi connectivity index (χ4n) is 6.48. The van der Waals surface area contributed by atoms with Crippen molar-refractivity contribution < 1.29 is 19.1 Å². The Morgan fingerprint density at radius 1 is 1.04 bits per heavy atom. The van der Waals surface area contributed by atoms with E-state index in [2.05, 4.69) is 48.9 Å². The van der Waals surface area contributed by atoms with Crippen molar-refractivity contribution in [1.29, 1.82) is 0 Å². The van der Waals surface area contributed by atoms with Crippen LogP contribution in [0.5, 0.6) is 0 Å². The van der Waals surface area contributed by atoms with Crippen molar-refractivity contribution in [3.63, 3.8) is 0 Å². The van der Waals surface area contributed by atoms with Crippen LogP contribution in [0.3, 0.4) is 0 Å². The summed E-state index contributed by atoms with van der Waals surface area (Å²) in [5.74, 6) is -1.01. The standard InChI is InChI=1S/C38H52ClN3O4/c1-9-21-38(11-3,12-4)41-27-19-17-26(18-20-27)34-33-29(28-15-13-14-16-30(28)40-33)24-31(42(34)32(43)25-39)35(44)46-37(8,10-2)22-23-45-36(5,6)7/h9,13-20,31,34,40-41H,1,10-12,21-25H2,2-8H3/t31-,34+,37?/m1/s1. The summed E-state index contributed by atoms with van der Waals surface area (Å²) < 4.78 is 12.3. The van der Waals surface area contributed by atoms with E-state index in [-0.39, 0.29) is 22.9 Å². The van der Waals surface area contributed by atoms with E-state index in [1.165, 1.54) is 0 Å². The molecule has 0 spiro atoms. The number of halogens is 1. The van der Waals surface area contributed by atoms with Crippen molar-refractivity contribution in [2.75, 3.05) is 17.8 Å². The molecule has 250 valence electrons. The monoisotopic (exact) mass is 649 g/mol. The van der Waals surface area contributed by atoms with Gasteiger partial charge in [0.15, 0.2) is 0 Å². The van der Waals surface area contributed by atoms with E-state index in [1.807, 2.05) is 71.0 Å². The van der Waals surface area contributed by atoms with Crippen LogP contribution in [0, 0.1) is 0 Å². The minimum atomic E-state index is -0.851. The summed E-state index contributed by atoms with van der Waals surface area (Å²) in [7, 11) is 0. The normalized spacial score (nSPS) is 18.1. The Kier molecular flexibility index (Phi) is 11.3. The van der Waals surface area contributed by atoms with Gasteiger partial charge in [0.1, 0.15) is 17.5 Å².